The number of carbonyl (C=O) groups is 1. The lowest BCUT2D eigenvalue weighted by atomic mass is 9.93. The molecule has 0 aliphatic carbocycles. The van der Waals surface area contributed by atoms with Crippen LogP contribution in [0.2, 0.25) is 0 Å². The normalized spacial score (nSPS) is 14.1. The fraction of sp³-hybridized carbons (Fsp3) is 0.419. The van der Waals surface area contributed by atoms with Crippen molar-refractivity contribution < 1.29 is 18.8 Å². The number of rotatable bonds is 10. The predicted molar refractivity (Wildman–Crippen MR) is 165 cm³/mol. The van der Waals surface area contributed by atoms with Gasteiger partial charge in [-0.25, -0.2) is 14.8 Å². The maximum atomic E-state index is 12.6. The number of amides is 2. The van der Waals surface area contributed by atoms with E-state index in [1.54, 1.807) is 19.5 Å². The van der Waals surface area contributed by atoms with Crippen LogP contribution in [0.5, 0.6) is 11.5 Å². The summed E-state index contributed by atoms with van der Waals surface area (Å²) in [7, 11) is 1.64. The highest BCUT2D eigenvalue weighted by atomic mass is 32.2. The van der Waals surface area contributed by atoms with Crippen molar-refractivity contribution in [3.63, 3.8) is 0 Å². The number of fused-ring (bicyclic) bond motifs is 1. The first kappa shape index (κ1) is 29.7. The van der Waals surface area contributed by atoms with Gasteiger partial charge in [0, 0.05) is 40.1 Å². The second-order valence-corrected chi connectivity index (χ2v) is 12.4. The van der Waals surface area contributed by atoms with E-state index >= 15 is 0 Å². The molecule has 0 bridgehead atoms. The number of methoxy groups -OCH3 is 1. The second kappa shape index (κ2) is 13.4. The minimum absolute atomic E-state index is 0.203. The molecule has 1 aliphatic heterocycles. The zero-order valence-corrected chi connectivity index (χ0v) is 25.4. The molecule has 1 saturated heterocycles. The van der Waals surface area contributed by atoms with Gasteiger partial charge in [0.1, 0.15) is 17.1 Å². The van der Waals surface area contributed by atoms with Crippen LogP contribution < -0.4 is 20.1 Å². The summed E-state index contributed by atoms with van der Waals surface area (Å²) in [6.45, 7) is 10.1. The Kier molecular flexibility index (Phi) is 9.48. The Bertz CT molecular complexity index is 1510. The van der Waals surface area contributed by atoms with Crippen molar-refractivity contribution in [1.29, 1.82) is 0 Å². The van der Waals surface area contributed by atoms with E-state index in [4.69, 9.17) is 14.0 Å². The van der Waals surface area contributed by atoms with E-state index in [0.29, 0.717) is 35.4 Å². The number of anilines is 2. The number of aromatic nitrogens is 3. The van der Waals surface area contributed by atoms with Crippen molar-refractivity contribution in [1.82, 2.24) is 20.0 Å². The van der Waals surface area contributed by atoms with Crippen LogP contribution in [0.1, 0.15) is 52.2 Å². The summed E-state index contributed by atoms with van der Waals surface area (Å²) in [6, 6.07) is 12.7. The standard InChI is InChI=1S/C31H38N6O4S/c1-31(2,3)27-19-28(36-41-27)35-30(38)34-21-10-8-11-22(16-21)42-29-23-17-26(25(39-4)18-24(23)32-20-33-29)40-15-9-14-37-12-6-5-7-13-37/h8,10-11,16-20H,5-7,9,12-15H2,1-4H3,(H2,34,35,36,38). The smallest absolute Gasteiger partial charge is 0.324 e. The maximum Gasteiger partial charge on any atom is 0.324 e. The zero-order valence-electron chi connectivity index (χ0n) is 24.6. The Labute approximate surface area is 250 Å². The number of urea groups is 1. The highest BCUT2D eigenvalue weighted by molar-refractivity contribution is 7.99. The van der Waals surface area contributed by atoms with Crippen molar-refractivity contribution in [2.75, 3.05) is 44.0 Å². The number of hydrogen-bond acceptors (Lipinski definition) is 9. The van der Waals surface area contributed by atoms with Crippen LogP contribution in [-0.4, -0.2) is 59.4 Å². The first-order valence-electron chi connectivity index (χ1n) is 14.3. The molecule has 5 rings (SSSR count). The molecule has 1 fully saturated rings. The number of ether oxygens (including phenoxy) is 2. The first-order valence-corrected chi connectivity index (χ1v) is 15.1. The molecule has 3 heterocycles. The van der Waals surface area contributed by atoms with Gasteiger partial charge < -0.3 is 24.2 Å². The molecule has 222 valence electrons. The molecule has 2 aromatic carbocycles. The van der Waals surface area contributed by atoms with E-state index in [9.17, 15) is 4.79 Å². The van der Waals surface area contributed by atoms with Gasteiger partial charge in [-0.2, -0.15) is 0 Å². The van der Waals surface area contributed by atoms with E-state index < -0.39 is 6.03 Å². The molecule has 1 aliphatic rings. The minimum Gasteiger partial charge on any atom is -0.493 e. The lowest BCUT2D eigenvalue weighted by Gasteiger charge is -2.26. The van der Waals surface area contributed by atoms with Gasteiger partial charge >= 0.3 is 6.03 Å². The average molecular weight is 591 g/mol. The molecule has 2 amide bonds. The lowest BCUT2D eigenvalue weighted by Crippen LogP contribution is -2.31. The molecular weight excluding hydrogens is 552 g/mol. The molecule has 0 unspecified atom stereocenters. The van der Waals surface area contributed by atoms with Gasteiger partial charge in [0.05, 0.1) is 19.2 Å². The first-order chi connectivity index (χ1) is 20.3. The fourth-order valence-corrected chi connectivity index (χ4v) is 5.69. The SMILES string of the molecule is COc1cc2ncnc(Sc3cccc(NC(=O)Nc4cc(C(C)(C)C)on4)c3)c2cc1OCCCN1CCCCC1. The van der Waals surface area contributed by atoms with Crippen molar-refractivity contribution in [3.8, 4) is 11.5 Å². The summed E-state index contributed by atoms with van der Waals surface area (Å²) in [5, 5.41) is 11.2. The van der Waals surface area contributed by atoms with Crippen molar-refractivity contribution in [2.24, 2.45) is 0 Å². The topological polar surface area (TPSA) is 115 Å². The summed E-state index contributed by atoms with van der Waals surface area (Å²) in [5.74, 6) is 2.37. The van der Waals surface area contributed by atoms with Crippen LogP contribution in [0.3, 0.4) is 0 Å². The molecule has 0 saturated carbocycles. The monoisotopic (exact) mass is 590 g/mol. The molecule has 2 N–H and O–H groups in total. The molecule has 4 aromatic rings. The van der Waals surface area contributed by atoms with Crippen LogP contribution in [0.25, 0.3) is 10.9 Å². The summed E-state index contributed by atoms with van der Waals surface area (Å²) in [6.07, 6.45) is 6.40. The van der Waals surface area contributed by atoms with Gasteiger partial charge in [0.25, 0.3) is 0 Å². The Balaban J connectivity index is 1.25. The Morgan fingerprint density at radius 2 is 1.88 bits per heavy atom. The van der Waals surface area contributed by atoms with Gasteiger partial charge in [-0.3, -0.25) is 5.32 Å². The minimum atomic E-state index is -0.410. The van der Waals surface area contributed by atoms with Crippen molar-refractivity contribution >= 4 is 40.2 Å². The summed E-state index contributed by atoms with van der Waals surface area (Å²) < 4.78 is 17.1. The quantitative estimate of drug-likeness (QED) is 0.149. The molecule has 11 heteroatoms. The number of nitrogens with one attached hydrogen (secondary N) is 2. The van der Waals surface area contributed by atoms with E-state index in [1.807, 2.05) is 57.2 Å². The number of carbonyl (C=O) groups excluding carboxylic acids is 1. The summed E-state index contributed by atoms with van der Waals surface area (Å²) >= 11 is 1.48. The second-order valence-electron chi connectivity index (χ2n) is 11.3. The van der Waals surface area contributed by atoms with E-state index in [1.165, 1.54) is 44.1 Å². The molecule has 0 atom stereocenters. The summed E-state index contributed by atoms with van der Waals surface area (Å²) in [4.78, 5) is 25.1. The highest BCUT2D eigenvalue weighted by Crippen LogP contribution is 2.38. The number of hydrogen-bond donors (Lipinski definition) is 2. The predicted octanol–water partition coefficient (Wildman–Crippen LogP) is 6.97. The van der Waals surface area contributed by atoms with E-state index in [0.717, 1.165) is 33.8 Å². The van der Waals surface area contributed by atoms with Crippen LogP contribution in [-0.2, 0) is 5.41 Å². The van der Waals surface area contributed by atoms with Gasteiger partial charge in [0.2, 0.25) is 0 Å². The maximum absolute atomic E-state index is 12.6. The Hall–Kier alpha value is -3.83. The average Bonchev–Trinajstić information content (AvgIpc) is 3.45. The van der Waals surface area contributed by atoms with Gasteiger partial charge in [0.15, 0.2) is 17.3 Å². The third kappa shape index (κ3) is 7.71. The third-order valence-corrected chi connectivity index (χ3v) is 8.01. The van der Waals surface area contributed by atoms with Crippen LogP contribution in [0.15, 0.2) is 63.2 Å². The van der Waals surface area contributed by atoms with Gasteiger partial charge in [-0.05, 0) is 56.6 Å². The molecule has 0 spiro atoms. The van der Waals surface area contributed by atoms with Crippen molar-refractivity contribution in [2.45, 2.75) is 61.8 Å². The third-order valence-electron chi connectivity index (χ3n) is 7.01. The molecule has 10 nitrogen and oxygen atoms in total. The Morgan fingerprint density at radius 3 is 2.64 bits per heavy atom. The van der Waals surface area contributed by atoms with Crippen LogP contribution in [0, 0.1) is 0 Å². The highest BCUT2D eigenvalue weighted by Gasteiger charge is 2.20. The van der Waals surface area contributed by atoms with Crippen molar-refractivity contribution in [3.05, 3.63) is 54.6 Å². The zero-order chi connectivity index (χ0) is 29.5. The molecular formula is C31H38N6O4S. The number of likely N-dealkylation sites (tertiary alicyclic amines) is 1. The number of benzene rings is 2. The number of piperidine rings is 1. The van der Waals surface area contributed by atoms with Gasteiger partial charge in [-0.15, -0.1) is 0 Å². The summed E-state index contributed by atoms with van der Waals surface area (Å²) in [5.41, 5.74) is 1.20. The fourth-order valence-electron chi connectivity index (χ4n) is 4.76. The largest absolute Gasteiger partial charge is 0.493 e. The van der Waals surface area contributed by atoms with E-state index in [2.05, 4.69) is 30.7 Å². The van der Waals surface area contributed by atoms with Gasteiger partial charge in [-0.1, -0.05) is 50.2 Å². The van der Waals surface area contributed by atoms with Crippen LogP contribution in [0.4, 0.5) is 16.3 Å². The molecule has 0 radical (unpaired) electrons. The van der Waals surface area contributed by atoms with Crippen LogP contribution >= 0.6 is 11.8 Å². The van der Waals surface area contributed by atoms with E-state index in [-0.39, 0.29) is 5.41 Å². The molecule has 2 aromatic heterocycles. The number of nitrogens with zero attached hydrogens (tertiary/aromatic N) is 4. The Morgan fingerprint density at radius 1 is 1.05 bits per heavy atom. The lowest BCUT2D eigenvalue weighted by molar-refractivity contribution is 0.203. The molecule has 42 heavy (non-hydrogen) atoms.